The summed E-state index contributed by atoms with van der Waals surface area (Å²) in [5, 5.41) is 11.4. The van der Waals surface area contributed by atoms with E-state index in [1.807, 2.05) is 31.2 Å². The van der Waals surface area contributed by atoms with E-state index in [9.17, 15) is 9.90 Å². The Morgan fingerprint density at radius 1 is 1.26 bits per heavy atom. The normalized spacial score (nSPS) is 39.3. The van der Waals surface area contributed by atoms with E-state index >= 15 is 0 Å². The van der Waals surface area contributed by atoms with Gasteiger partial charge in [-0.25, -0.2) is 0 Å². The molecule has 0 amide bonds. The Morgan fingerprint density at radius 2 is 1.91 bits per heavy atom. The second kappa shape index (κ2) is 5.22. The van der Waals surface area contributed by atoms with Gasteiger partial charge in [-0.05, 0) is 63.4 Å². The van der Waals surface area contributed by atoms with Crippen LogP contribution >= 0.6 is 11.6 Å². The van der Waals surface area contributed by atoms with Crippen LogP contribution in [-0.4, -0.2) is 16.7 Å². The van der Waals surface area contributed by atoms with Gasteiger partial charge in [0.05, 0.1) is 11.0 Å². The predicted molar refractivity (Wildman–Crippen MR) is 88.0 cm³/mol. The number of hydrogen-bond donors (Lipinski definition) is 1. The quantitative estimate of drug-likeness (QED) is 0.839. The molecular formula is C19H23ClO3. The lowest BCUT2D eigenvalue weighted by atomic mass is 9.48. The molecule has 4 saturated carbocycles. The van der Waals surface area contributed by atoms with E-state index in [1.54, 1.807) is 0 Å². The van der Waals surface area contributed by atoms with Gasteiger partial charge in [-0.1, -0.05) is 29.8 Å². The molecular weight excluding hydrogens is 312 g/mol. The van der Waals surface area contributed by atoms with Gasteiger partial charge in [-0.15, -0.1) is 0 Å². The highest BCUT2D eigenvalue weighted by molar-refractivity contribution is 6.31. The number of hydrogen-bond acceptors (Lipinski definition) is 3. The number of aliphatic hydroxyl groups is 1. The van der Waals surface area contributed by atoms with Crippen molar-refractivity contribution in [2.24, 2.45) is 17.3 Å². The number of carbonyl (C=O) groups excluding carboxylic acids is 1. The van der Waals surface area contributed by atoms with Crippen LogP contribution in [0.3, 0.4) is 0 Å². The fourth-order valence-corrected chi connectivity index (χ4v) is 5.90. The van der Waals surface area contributed by atoms with E-state index in [-0.39, 0.29) is 12.1 Å². The molecule has 0 heterocycles. The van der Waals surface area contributed by atoms with E-state index in [0.29, 0.717) is 23.3 Å². The molecule has 0 aliphatic heterocycles. The minimum absolute atomic E-state index is 0.141. The van der Waals surface area contributed by atoms with Crippen molar-refractivity contribution >= 4 is 17.6 Å². The lowest BCUT2D eigenvalue weighted by molar-refractivity contribution is -0.199. The molecule has 4 aliphatic carbocycles. The summed E-state index contributed by atoms with van der Waals surface area (Å²) in [6, 6.07) is 7.48. The fourth-order valence-electron chi connectivity index (χ4n) is 5.61. The first-order chi connectivity index (χ1) is 10.9. The van der Waals surface area contributed by atoms with Crippen LogP contribution in [0.25, 0.3) is 0 Å². The van der Waals surface area contributed by atoms with Crippen molar-refractivity contribution < 1.29 is 14.6 Å². The monoisotopic (exact) mass is 334 g/mol. The van der Waals surface area contributed by atoms with Crippen molar-refractivity contribution in [3.63, 3.8) is 0 Å². The molecule has 2 unspecified atom stereocenters. The van der Waals surface area contributed by atoms with Crippen LogP contribution in [0.15, 0.2) is 24.3 Å². The number of rotatable bonds is 3. The second-order valence-electron chi connectivity index (χ2n) is 8.03. The highest BCUT2D eigenvalue weighted by Gasteiger charge is 2.61. The van der Waals surface area contributed by atoms with E-state index in [4.69, 9.17) is 16.3 Å². The lowest BCUT2D eigenvalue weighted by Gasteiger charge is -2.58. The van der Waals surface area contributed by atoms with Crippen molar-refractivity contribution in [3.05, 3.63) is 34.9 Å². The summed E-state index contributed by atoms with van der Waals surface area (Å²) >= 11 is 6.21. The molecule has 0 aromatic heterocycles. The molecule has 23 heavy (non-hydrogen) atoms. The summed E-state index contributed by atoms with van der Waals surface area (Å²) in [7, 11) is 0. The summed E-state index contributed by atoms with van der Waals surface area (Å²) in [6.45, 7) is 1.87. The minimum Gasteiger partial charge on any atom is -0.457 e. The first-order valence-electron chi connectivity index (χ1n) is 8.57. The van der Waals surface area contributed by atoms with Gasteiger partial charge < -0.3 is 9.84 Å². The number of ether oxygens (including phenoxy) is 1. The van der Waals surface area contributed by atoms with Gasteiger partial charge in [0.25, 0.3) is 0 Å². The standard InChI is InChI=1S/C19H23ClO3/c1-12(15-4-2-3-5-16(15)20)23-17(21)18-7-13-6-14(8-18)10-19(22,9-13)11-18/h2-5,12-14,22H,6-11H2,1H3/t12-,13-,14+,18?,19?/m1/s1. The molecule has 0 radical (unpaired) electrons. The zero-order chi connectivity index (χ0) is 16.2. The van der Waals surface area contributed by atoms with Crippen molar-refractivity contribution in [2.45, 2.75) is 57.2 Å². The van der Waals surface area contributed by atoms with Crippen LogP contribution < -0.4 is 0 Å². The molecule has 0 saturated heterocycles. The largest absolute Gasteiger partial charge is 0.457 e. The molecule has 4 aliphatic rings. The molecule has 0 spiro atoms. The summed E-state index contributed by atoms with van der Waals surface area (Å²) in [5.41, 5.74) is -0.281. The van der Waals surface area contributed by atoms with Crippen LogP contribution in [0, 0.1) is 17.3 Å². The average molecular weight is 335 g/mol. The Kier molecular flexibility index (Phi) is 3.51. The van der Waals surface area contributed by atoms with E-state index in [2.05, 4.69) is 0 Å². The molecule has 1 N–H and O–H groups in total. The van der Waals surface area contributed by atoms with Crippen LogP contribution in [0.5, 0.6) is 0 Å². The lowest BCUT2D eigenvalue weighted by Crippen LogP contribution is -2.58. The maximum absolute atomic E-state index is 13.0. The molecule has 124 valence electrons. The van der Waals surface area contributed by atoms with Gasteiger partial charge in [-0.2, -0.15) is 0 Å². The first kappa shape index (κ1) is 15.5. The summed E-state index contributed by atoms with van der Waals surface area (Å²) in [5.74, 6) is 0.811. The van der Waals surface area contributed by atoms with Crippen LogP contribution in [0.2, 0.25) is 5.02 Å². The highest BCUT2D eigenvalue weighted by atomic mass is 35.5. The Morgan fingerprint density at radius 3 is 2.52 bits per heavy atom. The van der Waals surface area contributed by atoms with Crippen molar-refractivity contribution in [1.82, 2.24) is 0 Å². The van der Waals surface area contributed by atoms with Gasteiger partial charge in [0, 0.05) is 10.6 Å². The van der Waals surface area contributed by atoms with Crippen molar-refractivity contribution in [2.75, 3.05) is 0 Å². The molecule has 4 heteroatoms. The van der Waals surface area contributed by atoms with E-state index in [1.165, 1.54) is 0 Å². The zero-order valence-corrected chi connectivity index (χ0v) is 14.2. The van der Waals surface area contributed by atoms with Gasteiger partial charge in [-0.3, -0.25) is 4.79 Å². The molecule has 4 bridgehead atoms. The maximum atomic E-state index is 13.0. The predicted octanol–water partition coefficient (Wildman–Crippen LogP) is 4.28. The topological polar surface area (TPSA) is 46.5 Å². The van der Waals surface area contributed by atoms with Gasteiger partial charge >= 0.3 is 5.97 Å². The van der Waals surface area contributed by atoms with Gasteiger partial charge in [0.15, 0.2) is 0 Å². The second-order valence-corrected chi connectivity index (χ2v) is 8.44. The fraction of sp³-hybridized carbons (Fsp3) is 0.632. The van der Waals surface area contributed by atoms with Crippen molar-refractivity contribution in [1.29, 1.82) is 0 Å². The highest BCUT2D eigenvalue weighted by Crippen LogP contribution is 2.62. The van der Waals surface area contributed by atoms with Crippen LogP contribution in [0.4, 0.5) is 0 Å². The molecule has 1 aromatic rings. The van der Waals surface area contributed by atoms with Crippen molar-refractivity contribution in [3.8, 4) is 0 Å². The van der Waals surface area contributed by atoms with Crippen LogP contribution in [-0.2, 0) is 9.53 Å². The SMILES string of the molecule is C[C@@H](OC(=O)C12C[C@@H]3C[C@@H](CC(O)(C3)C1)C2)c1ccccc1Cl. The molecule has 1 aromatic carbocycles. The third kappa shape index (κ3) is 2.58. The summed E-state index contributed by atoms with van der Waals surface area (Å²) in [4.78, 5) is 13.0. The number of halogens is 1. The average Bonchev–Trinajstić information content (AvgIpc) is 2.44. The van der Waals surface area contributed by atoms with Crippen LogP contribution in [0.1, 0.15) is 57.1 Å². The summed E-state index contributed by atoms with van der Waals surface area (Å²) in [6.07, 6.45) is 4.84. The summed E-state index contributed by atoms with van der Waals surface area (Å²) < 4.78 is 5.81. The third-order valence-corrected chi connectivity index (χ3v) is 6.43. The van der Waals surface area contributed by atoms with E-state index in [0.717, 1.165) is 37.7 Å². The zero-order valence-electron chi connectivity index (χ0n) is 13.4. The minimum atomic E-state index is -0.642. The Balaban J connectivity index is 1.54. The van der Waals surface area contributed by atoms with Gasteiger partial charge in [0.1, 0.15) is 6.10 Å². The Hall–Kier alpha value is -1.06. The first-order valence-corrected chi connectivity index (χ1v) is 8.95. The third-order valence-electron chi connectivity index (χ3n) is 6.09. The molecule has 3 nitrogen and oxygen atoms in total. The number of esters is 1. The van der Waals surface area contributed by atoms with E-state index < -0.39 is 11.0 Å². The number of carbonyl (C=O) groups is 1. The molecule has 5 atom stereocenters. The molecule has 5 rings (SSSR count). The maximum Gasteiger partial charge on any atom is 0.312 e. The number of benzene rings is 1. The Labute approximate surface area is 142 Å². The van der Waals surface area contributed by atoms with Gasteiger partial charge in [0.2, 0.25) is 0 Å². The Bertz CT molecular complexity index is 627. The smallest absolute Gasteiger partial charge is 0.312 e. The molecule has 4 fully saturated rings.